The van der Waals surface area contributed by atoms with Crippen LogP contribution in [-0.2, 0) is 4.79 Å². The zero-order valence-corrected chi connectivity index (χ0v) is 14.9. The lowest BCUT2D eigenvalue weighted by Crippen LogP contribution is -3.15. The molecular formula is C17H18Cl2N3O3+. The number of carbonyl (C=O) groups excluding carboxylic acids is 2. The van der Waals surface area contributed by atoms with Gasteiger partial charge >= 0.3 is 0 Å². The Bertz CT molecular complexity index is 757. The average Bonchev–Trinajstić information content (AvgIpc) is 3.13. The van der Waals surface area contributed by atoms with E-state index in [4.69, 9.17) is 27.6 Å². The average molecular weight is 383 g/mol. The summed E-state index contributed by atoms with van der Waals surface area (Å²) in [5.41, 5.74) is 0.616. The maximum Gasteiger partial charge on any atom is 0.289 e. The van der Waals surface area contributed by atoms with Gasteiger partial charge in [0, 0.05) is 5.69 Å². The molecule has 3 rings (SSSR count). The molecule has 6 nitrogen and oxygen atoms in total. The molecule has 1 aliphatic heterocycles. The normalized spacial score (nSPS) is 15.2. The van der Waals surface area contributed by atoms with Crippen molar-refractivity contribution in [3.8, 4) is 0 Å². The molecule has 0 unspecified atom stereocenters. The first-order chi connectivity index (χ1) is 12.0. The summed E-state index contributed by atoms with van der Waals surface area (Å²) in [5, 5.41) is 3.66. The minimum absolute atomic E-state index is 0.0980. The molecule has 2 amide bonds. The van der Waals surface area contributed by atoms with Crippen molar-refractivity contribution >= 4 is 40.7 Å². The number of halogens is 2. The Kier molecular flexibility index (Phi) is 5.63. The number of nitrogens with one attached hydrogen (secondary N) is 2. The molecule has 8 heteroatoms. The standard InChI is InChI=1S/C17H17Cl2N3O3/c18-13-4-3-12(10-14(13)19)20-16(23)11-21-5-7-22(8-6-21)17(24)15-2-1-9-25-15/h1-4,9-10H,5-8,11H2,(H,20,23)/p+1. The maximum atomic E-state index is 12.2. The fourth-order valence-corrected chi connectivity index (χ4v) is 3.06. The summed E-state index contributed by atoms with van der Waals surface area (Å²) in [6, 6.07) is 8.33. The Hall–Kier alpha value is -2.02. The van der Waals surface area contributed by atoms with Crippen LogP contribution < -0.4 is 10.2 Å². The van der Waals surface area contributed by atoms with Gasteiger partial charge in [0.1, 0.15) is 0 Å². The number of hydrogen-bond acceptors (Lipinski definition) is 3. The lowest BCUT2D eigenvalue weighted by atomic mass is 10.2. The quantitative estimate of drug-likeness (QED) is 0.843. The van der Waals surface area contributed by atoms with Gasteiger partial charge in [0.25, 0.3) is 11.8 Å². The van der Waals surface area contributed by atoms with E-state index in [1.165, 1.54) is 6.26 Å². The third-order valence-electron chi connectivity index (χ3n) is 4.10. The highest BCUT2D eigenvalue weighted by Gasteiger charge is 2.27. The lowest BCUT2D eigenvalue weighted by molar-refractivity contribution is -0.895. The molecule has 1 aliphatic rings. The summed E-state index contributed by atoms with van der Waals surface area (Å²) >= 11 is 11.8. The van der Waals surface area contributed by atoms with Crippen molar-refractivity contribution < 1.29 is 18.9 Å². The number of anilines is 1. The summed E-state index contributed by atoms with van der Waals surface area (Å²) in [4.78, 5) is 27.3. The van der Waals surface area contributed by atoms with Crippen LogP contribution in [0.25, 0.3) is 0 Å². The lowest BCUT2D eigenvalue weighted by Gasteiger charge is -2.31. The Labute approximate surface area is 155 Å². The molecule has 2 N–H and O–H groups in total. The number of amides is 2. The first-order valence-corrected chi connectivity index (χ1v) is 8.70. The summed E-state index contributed by atoms with van der Waals surface area (Å²) in [6.07, 6.45) is 1.49. The second-order valence-corrected chi connectivity index (χ2v) is 6.69. The monoisotopic (exact) mass is 382 g/mol. The molecule has 2 heterocycles. The zero-order chi connectivity index (χ0) is 17.8. The van der Waals surface area contributed by atoms with Crippen molar-refractivity contribution in [3.05, 3.63) is 52.4 Å². The minimum atomic E-state index is -0.107. The van der Waals surface area contributed by atoms with Crippen molar-refractivity contribution in [1.29, 1.82) is 0 Å². The smallest absolute Gasteiger partial charge is 0.289 e. The van der Waals surface area contributed by atoms with Crippen LogP contribution >= 0.6 is 23.2 Å². The van der Waals surface area contributed by atoms with E-state index in [2.05, 4.69) is 5.32 Å². The molecule has 132 valence electrons. The van der Waals surface area contributed by atoms with E-state index in [1.54, 1.807) is 35.2 Å². The Morgan fingerprint density at radius 1 is 1.16 bits per heavy atom. The Morgan fingerprint density at radius 2 is 1.92 bits per heavy atom. The van der Waals surface area contributed by atoms with Gasteiger partial charge in [-0.2, -0.15) is 0 Å². The van der Waals surface area contributed by atoms with Crippen LogP contribution in [0.1, 0.15) is 10.6 Å². The topological polar surface area (TPSA) is 67.0 Å². The molecule has 0 spiro atoms. The molecule has 0 radical (unpaired) electrons. The van der Waals surface area contributed by atoms with Gasteiger partial charge in [-0.15, -0.1) is 0 Å². The molecule has 1 fully saturated rings. The molecule has 1 saturated heterocycles. The van der Waals surface area contributed by atoms with Gasteiger partial charge in [-0.3, -0.25) is 9.59 Å². The van der Waals surface area contributed by atoms with Crippen molar-refractivity contribution in [2.75, 3.05) is 38.0 Å². The van der Waals surface area contributed by atoms with Crippen LogP contribution in [0.2, 0.25) is 10.0 Å². The largest absolute Gasteiger partial charge is 0.459 e. The second-order valence-electron chi connectivity index (χ2n) is 5.87. The summed E-state index contributed by atoms with van der Waals surface area (Å²) in [6.45, 7) is 2.94. The first-order valence-electron chi connectivity index (χ1n) is 7.94. The van der Waals surface area contributed by atoms with Gasteiger partial charge in [0.2, 0.25) is 0 Å². The van der Waals surface area contributed by atoms with Crippen molar-refractivity contribution in [2.45, 2.75) is 0 Å². The zero-order valence-electron chi connectivity index (χ0n) is 13.4. The van der Waals surface area contributed by atoms with E-state index in [1.807, 2.05) is 0 Å². The first kappa shape index (κ1) is 17.8. The molecule has 1 aromatic carbocycles. The number of furan rings is 1. The molecule has 0 saturated carbocycles. The van der Waals surface area contributed by atoms with E-state index >= 15 is 0 Å². The molecule has 2 aromatic rings. The highest BCUT2D eigenvalue weighted by molar-refractivity contribution is 6.42. The van der Waals surface area contributed by atoms with Crippen LogP contribution in [0.15, 0.2) is 41.0 Å². The Morgan fingerprint density at radius 3 is 2.56 bits per heavy atom. The maximum absolute atomic E-state index is 12.2. The summed E-state index contributed by atoms with van der Waals surface area (Å²) in [7, 11) is 0. The van der Waals surface area contributed by atoms with Gasteiger partial charge in [0.15, 0.2) is 12.3 Å². The van der Waals surface area contributed by atoms with Crippen LogP contribution in [-0.4, -0.2) is 49.4 Å². The third-order valence-corrected chi connectivity index (χ3v) is 4.84. The highest BCUT2D eigenvalue weighted by Crippen LogP contribution is 2.24. The fourth-order valence-electron chi connectivity index (χ4n) is 2.77. The highest BCUT2D eigenvalue weighted by atomic mass is 35.5. The van der Waals surface area contributed by atoms with Crippen molar-refractivity contribution in [1.82, 2.24) is 4.90 Å². The van der Waals surface area contributed by atoms with Crippen LogP contribution in [0.4, 0.5) is 5.69 Å². The van der Waals surface area contributed by atoms with Gasteiger partial charge < -0.3 is 19.5 Å². The van der Waals surface area contributed by atoms with Gasteiger partial charge in [0.05, 0.1) is 42.5 Å². The number of nitrogens with zero attached hydrogens (tertiary/aromatic N) is 1. The van der Waals surface area contributed by atoms with Crippen molar-refractivity contribution in [2.24, 2.45) is 0 Å². The number of carbonyl (C=O) groups is 2. The number of hydrogen-bond donors (Lipinski definition) is 2. The minimum Gasteiger partial charge on any atom is -0.459 e. The molecule has 0 aliphatic carbocycles. The van der Waals surface area contributed by atoms with Gasteiger partial charge in [-0.05, 0) is 30.3 Å². The van der Waals surface area contributed by atoms with E-state index in [0.717, 1.165) is 4.90 Å². The predicted molar refractivity (Wildman–Crippen MR) is 95.3 cm³/mol. The third kappa shape index (κ3) is 4.54. The number of benzene rings is 1. The number of quaternary nitrogens is 1. The molecule has 0 atom stereocenters. The fraction of sp³-hybridized carbons (Fsp3) is 0.294. The van der Waals surface area contributed by atoms with E-state index in [0.29, 0.717) is 54.2 Å². The number of rotatable bonds is 4. The second kappa shape index (κ2) is 7.91. The SMILES string of the molecule is O=C(C[NH+]1CCN(C(=O)c2ccco2)CC1)Nc1ccc(Cl)c(Cl)c1. The van der Waals surface area contributed by atoms with E-state index in [9.17, 15) is 9.59 Å². The Balaban J connectivity index is 1.47. The van der Waals surface area contributed by atoms with Gasteiger partial charge in [-0.1, -0.05) is 23.2 Å². The molecular weight excluding hydrogens is 365 g/mol. The van der Waals surface area contributed by atoms with E-state index in [-0.39, 0.29) is 11.8 Å². The predicted octanol–water partition coefficient (Wildman–Crippen LogP) is 1.57. The van der Waals surface area contributed by atoms with Gasteiger partial charge in [-0.25, -0.2) is 0 Å². The van der Waals surface area contributed by atoms with Crippen LogP contribution in [0.5, 0.6) is 0 Å². The molecule has 0 bridgehead atoms. The van der Waals surface area contributed by atoms with E-state index < -0.39 is 0 Å². The summed E-state index contributed by atoms with van der Waals surface area (Å²) < 4.78 is 5.14. The van der Waals surface area contributed by atoms with Crippen LogP contribution in [0, 0.1) is 0 Å². The van der Waals surface area contributed by atoms with Crippen molar-refractivity contribution in [3.63, 3.8) is 0 Å². The summed E-state index contributed by atoms with van der Waals surface area (Å²) in [5.74, 6) is 0.143. The van der Waals surface area contributed by atoms with Crippen LogP contribution in [0.3, 0.4) is 0 Å². The number of piperazine rings is 1. The molecule has 1 aromatic heterocycles. The molecule has 25 heavy (non-hydrogen) atoms.